The van der Waals surface area contributed by atoms with Crippen molar-refractivity contribution < 1.29 is 28.6 Å². The zero-order valence-electron chi connectivity index (χ0n) is 16.6. The van der Waals surface area contributed by atoms with Crippen LogP contribution >= 0.6 is 11.3 Å². The van der Waals surface area contributed by atoms with E-state index in [2.05, 4.69) is 0 Å². The number of Topliss-reactive ketones (excluding diaryl/α,β-unsaturated/α-hetero) is 1. The summed E-state index contributed by atoms with van der Waals surface area (Å²) in [5, 5.41) is 20.1. The van der Waals surface area contributed by atoms with Gasteiger partial charge in [0.1, 0.15) is 11.9 Å². The Labute approximate surface area is 178 Å². The van der Waals surface area contributed by atoms with E-state index < -0.39 is 42.0 Å². The van der Waals surface area contributed by atoms with E-state index in [1.807, 2.05) is 30.3 Å². The number of aliphatic hydroxyl groups excluding tert-OH is 1. The van der Waals surface area contributed by atoms with Crippen molar-refractivity contribution in [1.82, 2.24) is 0 Å². The van der Waals surface area contributed by atoms with Crippen molar-refractivity contribution in [2.24, 2.45) is 11.8 Å². The van der Waals surface area contributed by atoms with E-state index >= 15 is 0 Å². The lowest BCUT2D eigenvalue weighted by molar-refractivity contribution is -0.137. The normalized spacial score (nSPS) is 22.2. The molecule has 1 aliphatic carbocycles. The van der Waals surface area contributed by atoms with E-state index in [4.69, 9.17) is 5.11 Å². The van der Waals surface area contributed by atoms with Gasteiger partial charge in [-0.05, 0) is 30.4 Å². The predicted octanol–water partition coefficient (Wildman–Crippen LogP) is 5.76. The monoisotopic (exact) mass is 436 g/mol. The molecule has 1 saturated carbocycles. The molecule has 1 fully saturated rings. The van der Waals surface area contributed by atoms with Gasteiger partial charge in [-0.1, -0.05) is 49.6 Å². The third-order valence-electron chi connectivity index (χ3n) is 5.65. The number of aliphatic hydroxyl groups is 1. The number of carbonyl (C=O) groups is 2. The highest BCUT2D eigenvalue weighted by Crippen LogP contribution is 2.46. The number of ketones is 1. The second kappa shape index (κ2) is 9.79. The van der Waals surface area contributed by atoms with E-state index in [9.17, 15) is 23.5 Å². The summed E-state index contributed by atoms with van der Waals surface area (Å²) in [6, 6.07) is 9.59. The molecule has 7 heteroatoms. The number of carboxylic acid groups (broad SMARTS) is 1. The summed E-state index contributed by atoms with van der Waals surface area (Å²) < 4.78 is 29.8. The fourth-order valence-electron chi connectivity index (χ4n) is 4.06. The van der Waals surface area contributed by atoms with E-state index in [1.165, 1.54) is 23.5 Å². The fraction of sp³-hybridized carbons (Fsp3) is 0.478. The molecule has 0 unspecified atom stereocenters. The Morgan fingerprint density at radius 1 is 1.23 bits per heavy atom. The van der Waals surface area contributed by atoms with E-state index in [0.29, 0.717) is 30.6 Å². The molecule has 0 aliphatic heterocycles. The molecule has 0 radical (unpaired) electrons. The molecule has 2 N–H and O–H groups in total. The number of benzene rings is 1. The Balaban J connectivity index is 1.61. The average molecular weight is 437 g/mol. The quantitative estimate of drug-likeness (QED) is 0.367. The number of carbonyl (C=O) groups excluding carboxylic acids is 1. The molecule has 4 nitrogen and oxygen atoms in total. The SMILES string of the molecule is O=C(O)CCCCCC[C@@H]1[C@H](C=C[C@@H](O)c2cc3ccccc3s2)C(=O)CC1(F)F. The van der Waals surface area contributed by atoms with Crippen LogP contribution in [-0.4, -0.2) is 27.9 Å². The Morgan fingerprint density at radius 3 is 2.70 bits per heavy atom. The summed E-state index contributed by atoms with van der Waals surface area (Å²) in [5.41, 5.74) is 0. The highest BCUT2D eigenvalue weighted by Gasteiger charge is 2.53. The Bertz CT molecular complexity index is 888. The minimum Gasteiger partial charge on any atom is -0.481 e. The maximum Gasteiger partial charge on any atom is 0.303 e. The lowest BCUT2D eigenvalue weighted by Gasteiger charge is -2.21. The molecule has 2 aromatic rings. The van der Waals surface area contributed by atoms with E-state index in [0.717, 1.165) is 10.1 Å². The third kappa shape index (κ3) is 5.52. The van der Waals surface area contributed by atoms with Gasteiger partial charge in [-0.2, -0.15) is 0 Å². The topological polar surface area (TPSA) is 74.6 Å². The first-order valence-electron chi connectivity index (χ1n) is 10.2. The number of hydrogen-bond acceptors (Lipinski definition) is 4. The first kappa shape index (κ1) is 22.6. The summed E-state index contributed by atoms with van der Waals surface area (Å²) in [6.07, 6.45) is 3.88. The average Bonchev–Trinajstić information content (AvgIpc) is 3.20. The number of alkyl halides is 2. The van der Waals surface area contributed by atoms with Crippen LogP contribution in [0.15, 0.2) is 42.5 Å². The van der Waals surface area contributed by atoms with E-state index in [1.54, 1.807) is 0 Å². The molecular weight excluding hydrogens is 410 g/mol. The molecule has 0 amide bonds. The second-order valence-electron chi connectivity index (χ2n) is 7.90. The predicted molar refractivity (Wildman–Crippen MR) is 113 cm³/mol. The molecule has 0 bridgehead atoms. The molecule has 0 saturated heterocycles. The number of carboxylic acids is 1. The van der Waals surface area contributed by atoms with Crippen molar-refractivity contribution in [3.05, 3.63) is 47.4 Å². The van der Waals surface area contributed by atoms with Gasteiger partial charge in [-0.15, -0.1) is 11.3 Å². The molecule has 1 heterocycles. The maximum absolute atomic E-state index is 14.4. The molecule has 1 aliphatic rings. The van der Waals surface area contributed by atoms with Gasteiger partial charge in [0.25, 0.3) is 5.92 Å². The third-order valence-corrected chi connectivity index (χ3v) is 6.84. The van der Waals surface area contributed by atoms with Gasteiger partial charge in [-0.25, -0.2) is 8.78 Å². The highest BCUT2D eigenvalue weighted by atomic mass is 32.1. The van der Waals surface area contributed by atoms with Gasteiger partial charge in [0.15, 0.2) is 0 Å². The lowest BCUT2D eigenvalue weighted by Crippen LogP contribution is -2.25. The zero-order chi connectivity index (χ0) is 21.7. The van der Waals surface area contributed by atoms with Crippen molar-refractivity contribution in [3.63, 3.8) is 0 Å². The minimum atomic E-state index is -3.05. The molecule has 30 heavy (non-hydrogen) atoms. The minimum absolute atomic E-state index is 0.0824. The number of halogens is 2. The lowest BCUT2D eigenvalue weighted by atomic mass is 9.88. The first-order chi connectivity index (χ1) is 14.3. The Hall–Kier alpha value is -2.12. The number of fused-ring (bicyclic) bond motifs is 1. The van der Waals surface area contributed by atoms with Gasteiger partial charge < -0.3 is 10.2 Å². The number of rotatable bonds is 10. The maximum atomic E-state index is 14.4. The van der Waals surface area contributed by atoms with Crippen LogP contribution in [-0.2, 0) is 9.59 Å². The van der Waals surface area contributed by atoms with Crippen molar-refractivity contribution >= 4 is 33.2 Å². The van der Waals surface area contributed by atoms with Crippen molar-refractivity contribution in [2.75, 3.05) is 0 Å². The molecule has 162 valence electrons. The summed E-state index contributed by atoms with van der Waals surface area (Å²) in [4.78, 5) is 23.5. The molecule has 3 atom stereocenters. The second-order valence-corrected chi connectivity index (χ2v) is 9.01. The van der Waals surface area contributed by atoms with Gasteiger partial charge >= 0.3 is 5.97 Å². The number of unbranched alkanes of at least 4 members (excludes halogenated alkanes) is 3. The van der Waals surface area contributed by atoms with E-state index in [-0.39, 0.29) is 12.8 Å². The number of aliphatic carboxylic acids is 1. The van der Waals surface area contributed by atoms with Crippen LogP contribution < -0.4 is 0 Å². The fourth-order valence-corrected chi connectivity index (χ4v) is 5.09. The Morgan fingerprint density at radius 2 is 1.97 bits per heavy atom. The first-order valence-corrected chi connectivity index (χ1v) is 11.1. The summed E-state index contributed by atoms with van der Waals surface area (Å²) in [6.45, 7) is 0. The zero-order valence-corrected chi connectivity index (χ0v) is 17.4. The molecular formula is C23H26F2O4S. The summed E-state index contributed by atoms with van der Waals surface area (Å²) in [5.74, 6) is -6.37. The molecule has 1 aromatic carbocycles. The number of thiophene rings is 1. The molecule has 3 rings (SSSR count). The largest absolute Gasteiger partial charge is 0.481 e. The van der Waals surface area contributed by atoms with Crippen LogP contribution in [0.1, 0.15) is 55.9 Å². The highest BCUT2D eigenvalue weighted by molar-refractivity contribution is 7.19. The number of allylic oxidation sites excluding steroid dienone is 1. The standard InChI is InChI=1S/C23H26F2O4S/c24-23(25)14-19(27)16(17(23)8-3-1-2-4-10-22(28)29)11-12-18(26)21-13-15-7-5-6-9-20(15)30-21/h5-7,9,11-13,16-18,26H,1-4,8,10,14H2,(H,28,29)/t16-,17+,18+/m0/s1. The van der Waals surface area contributed by atoms with Crippen LogP contribution in [0, 0.1) is 11.8 Å². The van der Waals surface area contributed by atoms with Gasteiger partial charge in [0, 0.05) is 27.8 Å². The number of hydrogen-bond donors (Lipinski definition) is 2. The van der Waals surface area contributed by atoms with Crippen molar-refractivity contribution in [1.29, 1.82) is 0 Å². The van der Waals surface area contributed by atoms with Gasteiger partial charge in [-0.3, -0.25) is 9.59 Å². The summed E-state index contributed by atoms with van der Waals surface area (Å²) >= 11 is 1.44. The van der Waals surface area contributed by atoms with Crippen LogP contribution in [0.2, 0.25) is 0 Å². The van der Waals surface area contributed by atoms with Gasteiger partial charge in [0.2, 0.25) is 0 Å². The Kier molecular flexibility index (Phi) is 7.36. The van der Waals surface area contributed by atoms with Crippen molar-refractivity contribution in [2.45, 2.75) is 57.0 Å². The van der Waals surface area contributed by atoms with Crippen LogP contribution in [0.4, 0.5) is 8.78 Å². The molecule has 0 spiro atoms. The summed E-state index contributed by atoms with van der Waals surface area (Å²) in [7, 11) is 0. The van der Waals surface area contributed by atoms with Crippen LogP contribution in [0.3, 0.4) is 0 Å². The molecule has 1 aromatic heterocycles. The van der Waals surface area contributed by atoms with Crippen LogP contribution in [0.5, 0.6) is 0 Å². The van der Waals surface area contributed by atoms with Crippen molar-refractivity contribution in [3.8, 4) is 0 Å². The van der Waals surface area contributed by atoms with Crippen LogP contribution in [0.25, 0.3) is 10.1 Å². The smallest absolute Gasteiger partial charge is 0.303 e. The van der Waals surface area contributed by atoms with Gasteiger partial charge in [0.05, 0.1) is 6.42 Å².